The molecule has 162 valence electrons. The van der Waals surface area contributed by atoms with Crippen LogP contribution >= 0.6 is 11.6 Å². The van der Waals surface area contributed by atoms with E-state index < -0.39 is 0 Å². The van der Waals surface area contributed by atoms with Crippen molar-refractivity contribution in [2.24, 2.45) is 0 Å². The number of rotatable bonds is 5. The molecule has 2 aromatic carbocycles. The van der Waals surface area contributed by atoms with Gasteiger partial charge in [-0.25, -0.2) is 0 Å². The number of carbonyl (C=O) groups is 1. The van der Waals surface area contributed by atoms with Crippen LogP contribution in [-0.2, 0) is 0 Å². The van der Waals surface area contributed by atoms with Crippen LogP contribution in [0.1, 0.15) is 28.1 Å². The summed E-state index contributed by atoms with van der Waals surface area (Å²) in [6.07, 6.45) is 1.52. The first-order chi connectivity index (χ1) is 15.7. The van der Waals surface area contributed by atoms with Crippen LogP contribution in [0.2, 0.25) is 5.02 Å². The molecule has 0 radical (unpaired) electrons. The molecular formula is C24H21ClN4O3. The zero-order valence-corrected chi connectivity index (χ0v) is 18.0. The molecule has 0 saturated carbocycles. The molecule has 0 unspecified atom stereocenters. The van der Waals surface area contributed by atoms with E-state index in [9.17, 15) is 4.79 Å². The summed E-state index contributed by atoms with van der Waals surface area (Å²) in [5.74, 6) is 1.24. The topological polar surface area (TPSA) is 75.6 Å². The standard InChI is InChI=1S/C24H21ClN4O3/c25-19-10-8-18(9-11-19)22-26-27-23(32-22)21(17-5-2-1-3-6-17)28-12-14-29(15-13-28)24(30)20-7-4-16-31-20/h1-11,16,21H,12-15H2/t21-/m0/s1. The van der Waals surface area contributed by atoms with E-state index >= 15 is 0 Å². The number of aromatic nitrogens is 2. The minimum atomic E-state index is -0.203. The van der Waals surface area contributed by atoms with Crippen molar-refractivity contribution in [3.63, 3.8) is 0 Å². The number of hydrogen-bond donors (Lipinski definition) is 0. The third-order valence-electron chi connectivity index (χ3n) is 5.58. The number of hydrogen-bond acceptors (Lipinski definition) is 6. The summed E-state index contributed by atoms with van der Waals surface area (Å²) in [5.41, 5.74) is 1.87. The van der Waals surface area contributed by atoms with Crippen LogP contribution < -0.4 is 0 Å². The molecule has 1 fully saturated rings. The summed E-state index contributed by atoms with van der Waals surface area (Å²) >= 11 is 6.00. The molecule has 1 amide bonds. The number of nitrogens with zero attached hydrogens (tertiary/aromatic N) is 4. The lowest BCUT2D eigenvalue weighted by atomic mass is 10.0. The first kappa shape index (κ1) is 20.5. The maximum atomic E-state index is 12.6. The number of piperazine rings is 1. The van der Waals surface area contributed by atoms with E-state index in [1.807, 2.05) is 35.2 Å². The molecule has 0 bridgehead atoms. The van der Waals surface area contributed by atoms with Crippen molar-refractivity contribution in [1.29, 1.82) is 0 Å². The van der Waals surface area contributed by atoms with Crippen molar-refractivity contribution >= 4 is 17.5 Å². The molecule has 1 aliphatic heterocycles. The van der Waals surface area contributed by atoms with Crippen LogP contribution in [0.3, 0.4) is 0 Å². The Morgan fingerprint density at radius 2 is 1.66 bits per heavy atom. The summed E-state index contributed by atoms with van der Waals surface area (Å²) in [6, 6.07) is 20.6. The van der Waals surface area contributed by atoms with Gasteiger partial charge in [0.15, 0.2) is 5.76 Å². The third kappa shape index (κ3) is 4.17. The first-order valence-corrected chi connectivity index (χ1v) is 10.8. The second-order valence-corrected chi connectivity index (χ2v) is 8.01. The van der Waals surface area contributed by atoms with Crippen LogP contribution in [0.4, 0.5) is 0 Å². The number of benzene rings is 2. The third-order valence-corrected chi connectivity index (χ3v) is 5.83. The molecule has 1 saturated heterocycles. The SMILES string of the molecule is O=C(c1ccco1)N1CCN([C@@H](c2ccccc2)c2nnc(-c3ccc(Cl)cc3)o2)CC1. The highest BCUT2D eigenvalue weighted by Crippen LogP contribution is 2.31. The largest absolute Gasteiger partial charge is 0.459 e. The summed E-state index contributed by atoms with van der Waals surface area (Å²) in [7, 11) is 0. The van der Waals surface area contributed by atoms with Gasteiger partial charge < -0.3 is 13.7 Å². The zero-order chi connectivity index (χ0) is 21.9. The Labute approximate surface area is 190 Å². The van der Waals surface area contributed by atoms with Crippen LogP contribution in [0.15, 0.2) is 81.8 Å². The molecule has 2 aromatic heterocycles. The van der Waals surface area contributed by atoms with E-state index in [4.69, 9.17) is 20.4 Å². The van der Waals surface area contributed by atoms with Crippen molar-refractivity contribution in [3.05, 3.63) is 95.2 Å². The summed E-state index contributed by atoms with van der Waals surface area (Å²) in [5, 5.41) is 9.30. The van der Waals surface area contributed by atoms with Gasteiger partial charge in [0.05, 0.1) is 6.26 Å². The van der Waals surface area contributed by atoms with Crippen molar-refractivity contribution in [2.75, 3.05) is 26.2 Å². The average molecular weight is 449 g/mol. The van der Waals surface area contributed by atoms with E-state index in [1.54, 1.807) is 24.3 Å². The lowest BCUT2D eigenvalue weighted by Crippen LogP contribution is -2.49. The van der Waals surface area contributed by atoms with Gasteiger partial charge in [0.25, 0.3) is 5.91 Å². The van der Waals surface area contributed by atoms with Gasteiger partial charge in [0.1, 0.15) is 6.04 Å². The predicted molar refractivity (Wildman–Crippen MR) is 119 cm³/mol. The second kappa shape index (κ2) is 8.98. The number of amides is 1. The van der Waals surface area contributed by atoms with Gasteiger partial charge in [0, 0.05) is 36.8 Å². The molecule has 3 heterocycles. The highest BCUT2D eigenvalue weighted by atomic mass is 35.5. The minimum absolute atomic E-state index is 0.0891. The predicted octanol–water partition coefficient (Wildman–Crippen LogP) is 4.53. The van der Waals surface area contributed by atoms with Gasteiger partial charge in [-0.2, -0.15) is 0 Å². The van der Waals surface area contributed by atoms with Crippen molar-refractivity contribution in [2.45, 2.75) is 6.04 Å². The molecule has 5 rings (SSSR count). The molecule has 1 aliphatic rings. The van der Waals surface area contributed by atoms with Crippen LogP contribution in [0.25, 0.3) is 11.5 Å². The van der Waals surface area contributed by atoms with Crippen molar-refractivity contribution in [3.8, 4) is 11.5 Å². The van der Waals surface area contributed by atoms with Gasteiger partial charge in [0.2, 0.25) is 11.8 Å². The van der Waals surface area contributed by atoms with E-state index in [0.717, 1.165) is 11.1 Å². The fourth-order valence-corrected chi connectivity index (χ4v) is 4.06. The monoisotopic (exact) mass is 448 g/mol. The Hall–Kier alpha value is -3.42. The van der Waals surface area contributed by atoms with E-state index in [-0.39, 0.29) is 11.9 Å². The van der Waals surface area contributed by atoms with E-state index in [0.29, 0.717) is 48.7 Å². The zero-order valence-electron chi connectivity index (χ0n) is 17.2. The molecular weight excluding hydrogens is 428 g/mol. The molecule has 1 atom stereocenters. The molecule has 32 heavy (non-hydrogen) atoms. The summed E-state index contributed by atoms with van der Waals surface area (Å²) < 4.78 is 11.4. The number of halogens is 1. The lowest BCUT2D eigenvalue weighted by Gasteiger charge is -2.37. The smallest absolute Gasteiger partial charge is 0.289 e. The van der Waals surface area contributed by atoms with Crippen LogP contribution in [-0.4, -0.2) is 52.1 Å². The van der Waals surface area contributed by atoms with Crippen molar-refractivity contribution < 1.29 is 13.6 Å². The minimum Gasteiger partial charge on any atom is -0.459 e. The first-order valence-electron chi connectivity index (χ1n) is 10.4. The highest BCUT2D eigenvalue weighted by Gasteiger charge is 2.32. The molecule has 8 heteroatoms. The Kier molecular flexibility index (Phi) is 5.75. The van der Waals surface area contributed by atoms with Gasteiger partial charge in [-0.05, 0) is 42.0 Å². The molecule has 7 nitrogen and oxygen atoms in total. The Bertz CT molecular complexity index is 1170. The van der Waals surface area contributed by atoms with Gasteiger partial charge in [-0.3, -0.25) is 9.69 Å². The number of carbonyl (C=O) groups excluding carboxylic acids is 1. The average Bonchev–Trinajstić information content (AvgIpc) is 3.54. The summed E-state index contributed by atoms with van der Waals surface area (Å²) in [4.78, 5) is 16.7. The molecule has 4 aromatic rings. The Balaban J connectivity index is 1.38. The lowest BCUT2D eigenvalue weighted by molar-refractivity contribution is 0.0550. The normalized spacial score (nSPS) is 15.6. The van der Waals surface area contributed by atoms with Crippen LogP contribution in [0.5, 0.6) is 0 Å². The Morgan fingerprint density at radius 3 is 2.34 bits per heavy atom. The van der Waals surface area contributed by atoms with E-state index in [1.165, 1.54) is 6.26 Å². The summed E-state index contributed by atoms with van der Waals surface area (Å²) in [6.45, 7) is 2.51. The molecule has 0 N–H and O–H groups in total. The molecule has 0 spiro atoms. The fraction of sp³-hybridized carbons (Fsp3) is 0.208. The van der Waals surface area contributed by atoms with Crippen LogP contribution in [0, 0.1) is 0 Å². The Morgan fingerprint density at radius 1 is 0.906 bits per heavy atom. The number of furan rings is 1. The van der Waals surface area contributed by atoms with Gasteiger partial charge in [-0.15, -0.1) is 10.2 Å². The maximum Gasteiger partial charge on any atom is 0.289 e. The maximum absolute atomic E-state index is 12.6. The van der Waals surface area contributed by atoms with Crippen molar-refractivity contribution in [1.82, 2.24) is 20.0 Å². The quantitative estimate of drug-likeness (QED) is 0.446. The fourth-order valence-electron chi connectivity index (χ4n) is 3.94. The van der Waals surface area contributed by atoms with Gasteiger partial charge >= 0.3 is 0 Å². The second-order valence-electron chi connectivity index (χ2n) is 7.57. The molecule has 0 aliphatic carbocycles. The van der Waals surface area contributed by atoms with Gasteiger partial charge in [-0.1, -0.05) is 41.9 Å². The van der Waals surface area contributed by atoms with E-state index in [2.05, 4.69) is 27.2 Å². The highest BCUT2D eigenvalue weighted by molar-refractivity contribution is 6.30.